The SMILES string of the molecule is N[S+]1CCSC1. The molecule has 0 aromatic carbocycles. The Kier molecular flexibility index (Phi) is 1.68. The summed E-state index contributed by atoms with van der Waals surface area (Å²) in [7, 11) is 0. The Morgan fingerprint density at radius 2 is 2.50 bits per heavy atom. The first kappa shape index (κ1) is 4.81. The van der Waals surface area contributed by atoms with Crippen molar-refractivity contribution in [1.82, 2.24) is 0 Å². The first-order chi connectivity index (χ1) is 2.89. The van der Waals surface area contributed by atoms with Gasteiger partial charge < -0.3 is 0 Å². The Labute approximate surface area is 45.2 Å². The molecule has 1 aliphatic heterocycles. The van der Waals surface area contributed by atoms with E-state index in [2.05, 4.69) is 0 Å². The van der Waals surface area contributed by atoms with Crippen LogP contribution in [0.1, 0.15) is 0 Å². The maximum atomic E-state index is 5.54. The lowest BCUT2D eigenvalue weighted by atomic mass is 11.0. The van der Waals surface area contributed by atoms with E-state index in [0.29, 0.717) is 11.1 Å². The molecule has 1 rings (SSSR count). The second kappa shape index (κ2) is 2.09. The van der Waals surface area contributed by atoms with Gasteiger partial charge in [-0.3, -0.25) is 0 Å². The molecule has 36 valence electrons. The van der Waals surface area contributed by atoms with Crippen molar-refractivity contribution in [3.8, 4) is 0 Å². The highest BCUT2D eigenvalue weighted by molar-refractivity contribution is 8.16. The van der Waals surface area contributed by atoms with Gasteiger partial charge in [0.25, 0.3) is 0 Å². The van der Waals surface area contributed by atoms with Crippen LogP contribution in [0.25, 0.3) is 0 Å². The molecule has 1 nitrogen and oxygen atoms in total. The van der Waals surface area contributed by atoms with E-state index in [9.17, 15) is 0 Å². The first-order valence-electron chi connectivity index (χ1n) is 1.89. The number of hydrogen-bond donors (Lipinski definition) is 1. The van der Waals surface area contributed by atoms with E-state index >= 15 is 0 Å². The second-order valence-electron chi connectivity index (χ2n) is 1.27. The number of hydrogen-bond acceptors (Lipinski definition) is 2. The summed E-state index contributed by atoms with van der Waals surface area (Å²) in [6, 6.07) is 0. The standard InChI is InChI=1S/C3H8NS2/c4-6-2-1-5-3-6/h1-4H2/q+1. The predicted octanol–water partition coefficient (Wildman–Crippen LogP) is 0.183. The van der Waals surface area contributed by atoms with E-state index in [1.807, 2.05) is 11.8 Å². The van der Waals surface area contributed by atoms with Crippen molar-refractivity contribution in [2.24, 2.45) is 5.14 Å². The average molecular weight is 122 g/mol. The molecule has 6 heavy (non-hydrogen) atoms. The number of thioether (sulfide) groups is 1. The van der Waals surface area contributed by atoms with Gasteiger partial charge in [0.15, 0.2) is 5.08 Å². The Hall–Kier alpha value is 0.660. The van der Waals surface area contributed by atoms with E-state index in [0.717, 1.165) is 0 Å². The molecular weight excluding hydrogens is 114 g/mol. The highest BCUT2D eigenvalue weighted by Crippen LogP contribution is 2.12. The molecule has 1 saturated heterocycles. The van der Waals surface area contributed by atoms with Gasteiger partial charge >= 0.3 is 0 Å². The summed E-state index contributed by atoms with van der Waals surface area (Å²) in [6.45, 7) is 0. The quantitative estimate of drug-likeness (QED) is 0.464. The molecule has 2 N–H and O–H groups in total. The molecule has 0 aliphatic carbocycles. The molecule has 0 aromatic heterocycles. The first-order valence-corrected chi connectivity index (χ1v) is 4.67. The van der Waals surface area contributed by atoms with Gasteiger partial charge in [-0.15, -0.1) is 11.8 Å². The lowest BCUT2D eigenvalue weighted by molar-refractivity contribution is 1.55. The van der Waals surface area contributed by atoms with Gasteiger partial charge in [-0.25, -0.2) is 0 Å². The van der Waals surface area contributed by atoms with Crippen molar-refractivity contribution in [2.45, 2.75) is 0 Å². The van der Waals surface area contributed by atoms with Crippen molar-refractivity contribution in [3.05, 3.63) is 0 Å². The van der Waals surface area contributed by atoms with Crippen molar-refractivity contribution in [3.63, 3.8) is 0 Å². The molecule has 1 fully saturated rings. The monoisotopic (exact) mass is 122 g/mol. The lowest BCUT2D eigenvalue weighted by Gasteiger charge is -1.79. The zero-order valence-corrected chi connectivity index (χ0v) is 5.15. The number of rotatable bonds is 0. The van der Waals surface area contributed by atoms with Crippen molar-refractivity contribution in [1.29, 1.82) is 0 Å². The van der Waals surface area contributed by atoms with Crippen LogP contribution in [-0.4, -0.2) is 16.6 Å². The minimum Gasteiger partial charge on any atom is -0.150 e. The third-order valence-corrected chi connectivity index (χ3v) is 4.08. The number of nitrogens with two attached hydrogens (primary N) is 1. The van der Waals surface area contributed by atoms with E-state index in [4.69, 9.17) is 5.14 Å². The molecule has 0 bridgehead atoms. The summed E-state index contributed by atoms with van der Waals surface area (Å²) in [6.07, 6.45) is 0. The van der Waals surface area contributed by atoms with Crippen LogP contribution in [0.15, 0.2) is 0 Å². The van der Waals surface area contributed by atoms with Gasteiger partial charge in [-0.05, 0) is 0 Å². The van der Waals surface area contributed by atoms with Crippen LogP contribution < -0.4 is 5.14 Å². The van der Waals surface area contributed by atoms with Gasteiger partial charge in [0.05, 0.1) is 11.1 Å². The third kappa shape index (κ3) is 1.06. The van der Waals surface area contributed by atoms with Crippen LogP contribution in [0, 0.1) is 0 Å². The van der Waals surface area contributed by atoms with Crippen LogP contribution in [0.3, 0.4) is 0 Å². The Morgan fingerprint density at radius 1 is 1.67 bits per heavy atom. The zero-order chi connectivity index (χ0) is 4.41. The summed E-state index contributed by atoms with van der Waals surface area (Å²) < 4.78 is 0. The van der Waals surface area contributed by atoms with Gasteiger partial charge in [0, 0.05) is 5.75 Å². The summed E-state index contributed by atoms with van der Waals surface area (Å²) in [4.78, 5) is 0. The predicted molar refractivity (Wildman–Crippen MR) is 33.7 cm³/mol. The average Bonchev–Trinajstić information content (AvgIpc) is 1.86. The molecule has 0 amide bonds. The highest BCUT2D eigenvalue weighted by atomic mass is 32.3. The summed E-state index contributed by atoms with van der Waals surface area (Å²) >= 11 is 2.26. The molecular formula is C3H8NS2+. The van der Waals surface area contributed by atoms with Gasteiger partial charge in [0.1, 0.15) is 5.75 Å². The van der Waals surface area contributed by atoms with Crippen LogP contribution in [-0.2, 0) is 11.1 Å². The van der Waals surface area contributed by atoms with Gasteiger partial charge in [-0.2, -0.15) is 5.14 Å². The summed E-state index contributed by atoms with van der Waals surface area (Å²) in [5.74, 6) is 2.55. The molecule has 1 aliphatic rings. The molecule has 0 saturated carbocycles. The molecule has 0 spiro atoms. The molecule has 0 radical (unpaired) electrons. The van der Waals surface area contributed by atoms with E-state index in [-0.39, 0.29) is 0 Å². The van der Waals surface area contributed by atoms with Crippen LogP contribution >= 0.6 is 11.8 Å². The second-order valence-corrected chi connectivity index (χ2v) is 4.51. The van der Waals surface area contributed by atoms with Crippen molar-refractivity contribution >= 4 is 22.8 Å². The molecule has 1 heterocycles. The smallest absolute Gasteiger partial charge is 0.150 e. The molecule has 1 unspecified atom stereocenters. The van der Waals surface area contributed by atoms with E-state index < -0.39 is 0 Å². The lowest BCUT2D eigenvalue weighted by Crippen LogP contribution is -2.14. The fourth-order valence-electron chi connectivity index (χ4n) is 0.391. The topological polar surface area (TPSA) is 26.0 Å². The summed E-state index contributed by atoms with van der Waals surface area (Å²) in [5.41, 5.74) is 0. The largest absolute Gasteiger partial charge is 0.172 e. The Balaban J connectivity index is 2.18. The normalized spacial score (nSPS) is 34.5. The van der Waals surface area contributed by atoms with Gasteiger partial charge in [-0.1, -0.05) is 0 Å². The minimum atomic E-state index is 0.290. The molecule has 1 atom stereocenters. The van der Waals surface area contributed by atoms with Crippen molar-refractivity contribution in [2.75, 3.05) is 16.6 Å². The van der Waals surface area contributed by atoms with Crippen LogP contribution in [0.2, 0.25) is 0 Å². The maximum Gasteiger partial charge on any atom is 0.172 e. The summed E-state index contributed by atoms with van der Waals surface area (Å²) in [5, 5.41) is 6.75. The Morgan fingerprint density at radius 3 is 2.67 bits per heavy atom. The van der Waals surface area contributed by atoms with Crippen LogP contribution in [0.4, 0.5) is 0 Å². The highest BCUT2D eigenvalue weighted by Gasteiger charge is 2.18. The third-order valence-electron chi connectivity index (χ3n) is 0.725. The minimum absolute atomic E-state index is 0.290. The maximum absolute atomic E-state index is 5.54. The van der Waals surface area contributed by atoms with E-state index in [1.54, 1.807) is 0 Å². The molecule has 3 heteroatoms. The molecule has 0 aromatic rings. The zero-order valence-electron chi connectivity index (χ0n) is 3.52. The fraction of sp³-hybridized carbons (Fsp3) is 1.00. The van der Waals surface area contributed by atoms with Crippen molar-refractivity contribution < 1.29 is 0 Å². The fourth-order valence-corrected chi connectivity index (χ4v) is 3.52. The van der Waals surface area contributed by atoms with E-state index in [1.165, 1.54) is 16.6 Å². The van der Waals surface area contributed by atoms with Crippen LogP contribution in [0.5, 0.6) is 0 Å². The van der Waals surface area contributed by atoms with Gasteiger partial charge in [0.2, 0.25) is 0 Å². The Bertz CT molecular complexity index is 42.1.